The molecule has 0 amide bonds. The standard InChI is InChI=1S/C34H43NO/c1-35(2)31-23-21-28(22-24-31)15-7-3-5-13-25-36-26-14-6-4-8-16-29-27-30-17-9-10-18-32(30)34-20-12-11-19-33(29)34/h9-12,17-24,27H,3-8,13-16,25-26H2,1-2H3. The fourth-order valence-electron chi connectivity index (χ4n) is 5.16. The van der Waals surface area contributed by atoms with Gasteiger partial charge < -0.3 is 9.64 Å². The molecule has 4 aromatic rings. The van der Waals surface area contributed by atoms with Gasteiger partial charge in [-0.1, -0.05) is 92.4 Å². The smallest absolute Gasteiger partial charge is 0.0466 e. The Morgan fingerprint density at radius 2 is 1.14 bits per heavy atom. The Labute approximate surface area is 218 Å². The van der Waals surface area contributed by atoms with Crippen LogP contribution in [-0.2, 0) is 17.6 Å². The summed E-state index contributed by atoms with van der Waals surface area (Å²) in [5, 5.41) is 5.53. The normalized spacial score (nSPS) is 11.4. The van der Waals surface area contributed by atoms with Crippen molar-refractivity contribution in [3.8, 4) is 0 Å². The molecule has 4 rings (SSSR count). The molecule has 0 aliphatic carbocycles. The van der Waals surface area contributed by atoms with Crippen molar-refractivity contribution in [2.24, 2.45) is 0 Å². The molecular formula is C34H43NO. The number of hydrogen-bond donors (Lipinski definition) is 0. The molecule has 0 unspecified atom stereocenters. The first-order valence-corrected chi connectivity index (χ1v) is 14.0. The van der Waals surface area contributed by atoms with Crippen LogP contribution >= 0.6 is 0 Å². The molecule has 2 heteroatoms. The minimum Gasteiger partial charge on any atom is -0.381 e. The molecule has 0 heterocycles. The second kappa shape index (κ2) is 14.0. The Kier molecular flexibility index (Phi) is 10.2. The van der Waals surface area contributed by atoms with E-state index in [4.69, 9.17) is 4.74 Å². The van der Waals surface area contributed by atoms with Crippen molar-refractivity contribution in [2.45, 2.75) is 64.2 Å². The van der Waals surface area contributed by atoms with Crippen LogP contribution in [-0.4, -0.2) is 27.3 Å². The lowest BCUT2D eigenvalue weighted by molar-refractivity contribution is 0.125. The van der Waals surface area contributed by atoms with E-state index < -0.39 is 0 Å². The zero-order valence-electron chi connectivity index (χ0n) is 22.3. The predicted molar refractivity (Wildman–Crippen MR) is 157 cm³/mol. The van der Waals surface area contributed by atoms with Gasteiger partial charge in [-0.3, -0.25) is 0 Å². The lowest BCUT2D eigenvalue weighted by atomic mass is 9.94. The van der Waals surface area contributed by atoms with Gasteiger partial charge in [0, 0.05) is 33.0 Å². The number of fused-ring (bicyclic) bond motifs is 3. The summed E-state index contributed by atoms with van der Waals surface area (Å²) in [6, 6.07) is 29.0. The number of anilines is 1. The maximum absolute atomic E-state index is 5.90. The van der Waals surface area contributed by atoms with Crippen LogP contribution in [0.1, 0.15) is 62.5 Å². The van der Waals surface area contributed by atoms with Crippen LogP contribution in [0.5, 0.6) is 0 Å². The van der Waals surface area contributed by atoms with Crippen molar-refractivity contribution in [2.75, 3.05) is 32.2 Å². The molecule has 0 saturated carbocycles. The van der Waals surface area contributed by atoms with E-state index in [1.807, 2.05) is 0 Å². The van der Waals surface area contributed by atoms with Gasteiger partial charge in [0.25, 0.3) is 0 Å². The second-order valence-electron chi connectivity index (χ2n) is 10.3. The zero-order chi connectivity index (χ0) is 25.0. The van der Waals surface area contributed by atoms with E-state index in [1.165, 1.54) is 96.1 Å². The molecule has 190 valence electrons. The third-order valence-electron chi connectivity index (χ3n) is 7.30. The highest BCUT2D eigenvalue weighted by Crippen LogP contribution is 2.29. The van der Waals surface area contributed by atoms with E-state index in [2.05, 4.69) is 97.9 Å². The monoisotopic (exact) mass is 481 g/mol. The van der Waals surface area contributed by atoms with Gasteiger partial charge in [0.05, 0.1) is 0 Å². The Morgan fingerprint density at radius 3 is 1.83 bits per heavy atom. The molecular weight excluding hydrogens is 438 g/mol. The van der Waals surface area contributed by atoms with E-state index in [-0.39, 0.29) is 0 Å². The average molecular weight is 482 g/mol. The third-order valence-corrected chi connectivity index (χ3v) is 7.30. The van der Waals surface area contributed by atoms with Gasteiger partial charge in [-0.25, -0.2) is 0 Å². The summed E-state index contributed by atoms with van der Waals surface area (Å²) in [6.07, 6.45) is 12.3. The van der Waals surface area contributed by atoms with E-state index in [9.17, 15) is 0 Å². The van der Waals surface area contributed by atoms with E-state index in [0.717, 1.165) is 19.6 Å². The molecule has 0 spiro atoms. The summed E-state index contributed by atoms with van der Waals surface area (Å²) >= 11 is 0. The average Bonchev–Trinajstić information content (AvgIpc) is 2.91. The number of nitrogens with zero attached hydrogens (tertiary/aromatic N) is 1. The summed E-state index contributed by atoms with van der Waals surface area (Å²) in [5.41, 5.74) is 4.21. The van der Waals surface area contributed by atoms with Crippen LogP contribution in [0.2, 0.25) is 0 Å². The van der Waals surface area contributed by atoms with Crippen molar-refractivity contribution in [1.82, 2.24) is 0 Å². The predicted octanol–water partition coefficient (Wildman–Crippen LogP) is 8.98. The van der Waals surface area contributed by atoms with Crippen molar-refractivity contribution in [3.63, 3.8) is 0 Å². The number of rotatable bonds is 15. The summed E-state index contributed by atoms with van der Waals surface area (Å²) in [5.74, 6) is 0. The first-order chi connectivity index (χ1) is 17.7. The van der Waals surface area contributed by atoms with Crippen LogP contribution in [0.4, 0.5) is 5.69 Å². The lowest BCUT2D eigenvalue weighted by Crippen LogP contribution is -2.08. The summed E-state index contributed by atoms with van der Waals surface area (Å²) in [7, 11) is 4.18. The second-order valence-corrected chi connectivity index (χ2v) is 10.3. The van der Waals surface area contributed by atoms with Crippen molar-refractivity contribution < 1.29 is 4.74 Å². The Balaban J connectivity index is 1.03. The van der Waals surface area contributed by atoms with E-state index >= 15 is 0 Å². The fourth-order valence-corrected chi connectivity index (χ4v) is 5.16. The highest BCUT2D eigenvalue weighted by Gasteiger charge is 2.06. The van der Waals surface area contributed by atoms with Crippen molar-refractivity contribution in [1.29, 1.82) is 0 Å². The van der Waals surface area contributed by atoms with E-state index in [1.54, 1.807) is 0 Å². The molecule has 4 aromatic carbocycles. The Bertz CT molecular complexity index is 1190. The van der Waals surface area contributed by atoms with Gasteiger partial charge in [0.2, 0.25) is 0 Å². The Hall–Kier alpha value is -2.84. The first kappa shape index (κ1) is 26.2. The van der Waals surface area contributed by atoms with Gasteiger partial charge in [-0.05, 0) is 83.3 Å². The molecule has 0 N–H and O–H groups in total. The van der Waals surface area contributed by atoms with Gasteiger partial charge >= 0.3 is 0 Å². The summed E-state index contributed by atoms with van der Waals surface area (Å²) in [6.45, 7) is 1.83. The maximum Gasteiger partial charge on any atom is 0.0466 e. The maximum atomic E-state index is 5.90. The van der Waals surface area contributed by atoms with Crippen LogP contribution in [0, 0.1) is 0 Å². The quantitative estimate of drug-likeness (QED) is 0.124. The van der Waals surface area contributed by atoms with Crippen molar-refractivity contribution in [3.05, 3.63) is 90.0 Å². The first-order valence-electron chi connectivity index (χ1n) is 14.0. The number of aryl methyl sites for hydroxylation is 2. The molecule has 0 aliphatic heterocycles. The molecule has 0 radical (unpaired) electrons. The highest BCUT2D eigenvalue weighted by molar-refractivity contribution is 6.08. The molecule has 0 atom stereocenters. The van der Waals surface area contributed by atoms with Gasteiger partial charge in [0.1, 0.15) is 0 Å². The lowest BCUT2D eigenvalue weighted by Gasteiger charge is -2.12. The fraction of sp³-hybridized carbons (Fsp3) is 0.412. The third kappa shape index (κ3) is 7.58. The van der Waals surface area contributed by atoms with Crippen LogP contribution in [0.15, 0.2) is 78.9 Å². The molecule has 0 fully saturated rings. The topological polar surface area (TPSA) is 12.5 Å². The van der Waals surface area contributed by atoms with Crippen molar-refractivity contribution >= 4 is 27.2 Å². The number of unbranched alkanes of at least 4 members (excludes halogenated alkanes) is 6. The minimum atomic E-state index is 0.914. The molecule has 0 aliphatic rings. The molecule has 2 nitrogen and oxygen atoms in total. The van der Waals surface area contributed by atoms with Gasteiger partial charge in [-0.2, -0.15) is 0 Å². The molecule has 0 aromatic heterocycles. The summed E-state index contributed by atoms with van der Waals surface area (Å²) < 4.78 is 5.90. The van der Waals surface area contributed by atoms with Gasteiger partial charge in [0.15, 0.2) is 0 Å². The number of ether oxygens (including phenoxy) is 1. The minimum absolute atomic E-state index is 0.914. The van der Waals surface area contributed by atoms with Crippen LogP contribution < -0.4 is 4.90 Å². The number of hydrogen-bond acceptors (Lipinski definition) is 2. The van der Waals surface area contributed by atoms with E-state index in [0.29, 0.717) is 0 Å². The number of benzene rings is 4. The SMILES string of the molecule is CN(C)c1ccc(CCCCCCOCCCCCCc2cc3ccccc3c3ccccc23)cc1. The highest BCUT2D eigenvalue weighted by atomic mass is 16.5. The molecule has 36 heavy (non-hydrogen) atoms. The van der Waals surface area contributed by atoms with Crippen LogP contribution in [0.3, 0.4) is 0 Å². The largest absolute Gasteiger partial charge is 0.381 e. The molecule has 0 saturated heterocycles. The summed E-state index contributed by atoms with van der Waals surface area (Å²) in [4.78, 5) is 2.15. The van der Waals surface area contributed by atoms with Crippen LogP contribution in [0.25, 0.3) is 21.5 Å². The zero-order valence-corrected chi connectivity index (χ0v) is 22.3. The molecule has 0 bridgehead atoms. The van der Waals surface area contributed by atoms with Gasteiger partial charge in [-0.15, -0.1) is 0 Å². The Morgan fingerprint density at radius 1 is 0.556 bits per heavy atom.